The minimum atomic E-state index is -1.40. The number of amides is 1. The number of benzene rings is 2. The van der Waals surface area contributed by atoms with Gasteiger partial charge in [-0.25, -0.2) is 4.39 Å². The Morgan fingerprint density at radius 2 is 2.00 bits per heavy atom. The van der Waals surface area contributed by atoms with Crippen molar-refractivity contribution >= 4 is 34.1 Å². The van der Waals surface area contributed by atoms with Crippen LogP contribution in [0.4, 0.5) is 10.1 Å². The lowest BCUT2D eigenvalue weighted by atomic mass is 9.66. The topological polar surface area (TPSA) is 98.2 Å². The largest absolute Gasteiger partial charge is 0.384 e. The first kappa shape index (κ1) is 27.4. The van der Waals surface area contributed by atoms with Crippen LogP contribution in [-0.4, -0.2) is 65.2 Å². The van der Waals surface area contributed by atoms with E-state index in [4.69, 9.17) is 16.3 Å². The highest BCUT2D eigenvalue weighted by atomic mass is 35.5. The molecule has 0 bridgehead atoms. The van der Waals surface area contributed by atoms with Crippen molar-refractivity contribution in [2.45, 2.75) is 51.1 Å². The number of nitrogens with zero attached hydrogens (tertiary/aromatic N) is 3. The van der Waals surface area contributed by atoms with Crippen LogP contribution in [0, 0.1) is 11.2 Å². The number of carbonyl (C=O) groups excluding carboxylic acids is 1. The van der Waals surface area contributed by atoms with Crippen molar-refractivity contribution in [1.29, 1.82) is 0 Å². The standard InChI is InChI=1S/C30H34ClFN4O4/c1-29(2)17-35(14-18-3-4-21(24(31)11-18)19-15-40-16-19)10-8-30(29,39)23-5-6-25-22(27(23)32)12-20(13-33-25)36-9-7-26(37)34-28(36)38/h3-6,11-13,19,28,38-39H,7-10,14-17H2,1-2H3,(H,34,37). The molecule has 10 heteroatoms. The molecular weight excluding hydrogens is 535 g/mol. The molecule has 3 N–H and O–H groups in total. The number of rotatable bonds is 5. The van der Waals surface area contributed by atoms with Crippen LogP contribution in [0.25, 0.3) is 10.9 Å². The van der Waals surface area contributed by atoms with Crippen LogP contribution in [0.1, 0.15) is 49.3 Å². The molecule has 6 rings (SSSR count). The number of likely N-dealkylation sites (tertiary alicyclic amines) is 1. The predicted octanol–water partition coefficient (Wildman–Crippen LogP) is 3.86. The first-order valence-corrected chi connectivity index (χ1v) is 14.1. The molecule has 3 aliphatic heterocycles. The van der Waals surface area contributed by atoms with Crippen molar-refractivity contribution in [3.05, 3.63) is 70.1 Å². The Balaban J connectivity index is 1.24. The first-order chi connectivity index (χ1) is 19.1. The number of ether oxygens (including phenoxy) is 1. The second kappa shape index (κ2) is 10.2. The van der Waals surface area contributed by atoms with E-state index in [1.165, 1.54) is 0 Å². The van der Waals surface area contributed by atoms with E-state index in [0.717, 1.165) is 16.1 Å². The molecule has 2 atom stereocenters. The summed E-state index contributed by atoms with van der Waals surface area (Å²) in [6.45, 7) is 7.48. The fourth-order valence-electron chi connectivity index (χ4n) is 6.27. The van der Waals surface area contributed by atoms with Crippen molar-refractivity contribution in [3.63, 3.8) is 0 Å². The normalized spacial score (nSPS) is 25.6. The number of anilines is 1. The highest BCUT2D eigenvalue weighted by Crippen LogP contribution is 2.48. The van der Waals surface area contributed by atoms with Crippen LogP contribution in [-0.2, 0) is 21.7 Å². The summed E-state index contributed by atoms with van der Waals surface area (Å²) in [6, 6.07) is 11.2. The highest BCUT2D eigenvalue weighted by molar-refractivity contribution is 6.31. The van der Waals surface area contributed by atoms with E-state index in [-0.39, 0.29) is 29.8 Å². The van der Waals surface area contributed by atoms with Gasteiger partial charge in [-0.3, -0.25) is 14.7 Å². The van der Waals surface area contributed by atoms with E-state index < -0.39 is 23.2 Å². The van der Waals surface area contributed by atoms with Crippen LogP contribution in [0.3, 0.4) is 0 Å². The summed E-state index contributed by atoms with van der Waals surface area (Å²) in [7, 11) is 0. The summed E-state index contributed by atoms with van der Waals surface area (Å²) in [5.41, 5.74) is 1.34. The van der Waals surface area contributed by atoms with Gasteiger partial charge in [-0.05, 0) is 35.7 Å². The molecule has 40 heavy (non-hydrogen) atoms. The van der Waals surface area contributed by atoms with Gasteiger partial charge in [-0.15, -0.1) is 0 Å². The van der Waals surface area contributed by atoms with Crippen LogP contribution >= 0.6 is 11.6 Å². The number of carbonyl (C=O) groups is 1. The molecule has 3 aromatic rings. The fourth-order valence-corrected chi connectivity index (χ4v) is 6.63. The van der Waals surface area contributed by atoms with E-state index in [1.54, 1.807) is 29.3 Å². The van der Waals surface area contributed by atoms with E-state index in [1.807, 2.05) is 19.9 Å². The number of aliphatic hydroxyl groups excluding tert-OH is 1. The summed E-state index contributed by atoms with van der Waals surface area (Å²) in [5, 5.41) is 25.8. The van der Waals surface area contributed by atoms with Crippen molar-refractivity contribution < 1.29 is 24.1 Å². The lowest BCUT2D eigenvalue weighted by Crippen LogP contribution is -2.55. The molecule has 4 heterocycles. The van der Waals surface area contributed by atoms with Crippen LogP contribution in [0.5, 0.6) is 0 Å². The Kier molecular flexibility index (Phi) is 6.99. The monoisotopic (exact) mass is 568 g/mol. The lowest BCUT2D eigenvalue weighted by molar-refractivity contribution is -0.128. The molecule has 0 radical (unpaired) electrons. The Bertz CT molecular complexity index is 1470. The average Bonchev–Trinajstić information content (AvgIpc) is 2.87. The average molecular weight is 569 g/mol. The summed E-state index contributed by atoms with van der Waals surface area (Å²) < 4.78 is 21.5. The number of halogens is 2. The van der Waals surface area contributed by atoms with Gasteiger partial charge >= 0.3 is 0 Å². The Hall–Kier alpha value is -2.82. The summed E-state index contributed by atoms with van der Waals surface area (Å²) in [6.07, 6.45) is 0.918. The first-order valence-electron chi connectivity index (χ1n) is 13.7. The summed E-state index contributed by atoms with van der Waals surface area (Å²) >= 11 is 6.58. The highest BCUT2D eigenvalue weighted by Gasteiger charge is 2.50. The number of fused-ring (bicyclic) bond motifs is 1. The zero-order valence-corrected chi connectivity index (χ0v) is 23.4. The predicted molar refractivity (Wildman–Crippen MR) is 150 cm³/mol. The molecular formula is C30H34ClFN4O4. The number of hydrogen-bond acceptors (Lipinski definition) is 7. The van der Waals surface area contributed by atoms with Crippen LogP contribution < -0.4 is 10.2 Å². The number of aliphatic hydroxyl groups is 2. The van der Waals surface area contributed by atoms with Gasteiger partial charge in [0, 0.05) is 59.9 Å². The summed E-state index contributed by atoms with van der Waals surface area (Å²) in [4.78, 5) is 19.8. The van der Waals surface area contributed by atoms with Gasteiger partial charge in [0.2, 0.25) is 12.3 Å². The maximum Gasteiger partial charge on any atom is 0.225 e. The third-order valence-corrected chi connectivity index (χ3v) is 9.13. The number of nitrogens with one attached hydrogen (secondary N) is 1. The number of pyridine rings is 1. The molecule has 3 fully saturated rings. The smallest absolute Gasteiger partial charge is 0.225 e. The summed E-state index contributed by atoms with van der Waals surface area (Å²) in [5.74, 6) is -0.404. The number of aromatic nitrogens is 1. The zero-order chi connectivity index (χ0) is 28.2. The molecule has 3 saturated heterocycles. The number of piperidine rings is 1. The molecule has 3 aliphatic rings. The molecule has 1 amide bonds. The second-order valence-electron chi connectivity index (χ2n) is 11.9. The van der Waals surface area contributed by atoms with Gasteiger partial charge < -0.3 is 25.2 Å². The molecule has 0 spiro atoms. The number of hydrogen-bond donors (Lipinski definition) is 3. The van der Waals surface area contributed by atoms with Gasteiger partial charge in [0.15, 0.2) is 0 Å². The van der Waals surface area contributed by atoms with Gasteiger partial charge in [0.05, 0.1) is 36.2 Å². The second-order valence-corrected chi connectivity index (χ2v) is 12.3. The van der Waals surface area contributed by atoms with Crippen molar-refractivity contribution in [2.24, 2.45) is 5.41 Å². The van der Waals surface area contributed by atoms with E-state index in [9.17, 15) is 15.0 Å². The maximum absolute atomic E-state index is 16.2. The Morgan fingerprint density at radius 3 is 2.67 bits per heavy atom. The van der Waals surface area contributed by atoms with Gasteiger partial charge in [0.1, 0.15) is 5.82 Å². The van der Waals surface area contributed by atoms with E-state index in [2.05, 4.69) is 27.3 Å². The minimum absolute atomic E-state index is 0.216. The van der Waals surface area contributed by atoms with Crippen LogP contribution in [0.15, 0.2) is 42.6 Å². The Morgan fingerprint density at radius 1 is 1.20 bits per heavy atom. The zero-order valence-electron chi connectivity index (χ0n) is 22.7. The van der Waals surface area contributed by atoms with E-state index in [0.29, 0.717) is 56.4 Å². The van der Waals surface area contributed by atoms with E-state index >= 15 is 4.39 Å². The maximum atomic E-state index is 16.2. The molecule has 8 nitrogen and oxygen atoms in total. The molecule has 212 valence electrons. The van der Waals surface area contributed by atoms with Crippen molar-refractivity contribution in [3.8, 4) is 0 Å². The molecule has 0 saturated carbocycles. The van der Waals surface area contributed by atoms with Gasteiger partial charge in [-0.2, -0.15) is 0 Å². The fraction of sp³-hybridized carbons (Fsp3) is 0.467. The molecule has 1 aromatic heterocycles. The molecule has 0 aliphatic carbocycles. The minimum Gasteiger partial charge on any atom is -0.384 e. The lowest BCUT2D eigenvalue weighted by Gasteiger charge is -2.50. The third kappa shape index (κ3) is 4.73. The molecule has 2 aromatic carbocycles. The van der Waals surface area contributed by atoms with Gasteiger partial charge in [-0.1, -0.05) is 43.6 Å². The SMILES string of the molecule is CC1(C)CN(Cc2ccc(C3COC3)c(Cl)c2)CCC1(O)c1ccc2ncc(N3CCC(=O)NC3O)cc2c1F. The van der Waals surface area contributed by atoms with Crippen molar-refractivity contribution in [1.82, 2.24) is 15.2 Å². The van der Waals surface area contributed by atoms with Crippen molar-refractivity contribution in [2.75, 3.05) is 37.7 Å². The third-order valence-electron chi connectivity index (χ3n) is 8.80. The molecule has 2 unspecified atom stereocenters. The Labute approximate surface area is 237 Å². The van der Waals surface area contributed by atoms with Gasteiger partial charge in [0.25, 0.3) is 0 Å². The van der Waals surface area contributed by atoms with Crippen LogP contribution in [0.2, 0.25) is 5.02 Å². The quantitative estimate of drug-likeness (QED) is 0.430.